The van der Waals surface area contributed by atoms with Gasteiger partial charge < -0.3 is 69.8 Å². The van der Waals surface area contributed by atoms with Gasteiger partial charge in [0.25, 0.3) is 0 Å². The van der Waals surface area contributed by atoms with Crippen LogP contribution < -0.4 is 27.0 Å². The summed E-state index contributed by atoms with van der Waals surface area (Å²) in [4.78, 5) is 90.6. The Balaban J connectivity index is 0.913. The van der Waals surface area contributed by atoms with Crippen LogP contribution in [0, 0.1) is 11.8 Å². The normalized spacial score (nSPS) is 26.3. The van der Waals surface area contributed by atoms with Crippen molar-refractivity contribution in [2.45, 2.75) is 242 Å². The zero-order valence-electron chi connectivity index (χ0n) is 49.1. The Morgan fingerprint density at radius 3 is 1.12 bits per heavy atom. The first-order valence-corrected chi connectivity index (χ1v) is 30.7. The van der Waals surface area contributed by atoms with Gasteiger partial charge in [0.2, 0.25) is 29.5 Å². The zero-order chi connectivity index (χ0) is 57.5. The third kappa shape index (κ3) is 27.4. The van der Waals surface area contributed by atoms with Gasteiger partial charge in [-0.15, -0.1) is 0 Å². The Labute approximate surface area is 476 Å². The van der Waals surface area contributed by atoms with Crippen molar-refractivity contribution >= 4 is 41.5 Å². The first-order chi connectivity index (χ1) is 38.5. The van der Waals surface area contributed by atoms with Crippen molar-refractivity contribution in [3.05, 3.63) is 0 Å². The number of carbonyl (C=O) groups excluding carboxylic acids is 7. The summed E-state index contributed by atoms with van der Waals surface area (Å²) in [6.45, 7) is 8.71. The number of nitrogens with two attached hydrogens (primary N) is 1. The van der Waals surface area contributed by atoms with E-state index in [9.17, 15) is 33.6 Å². The van der Waals surface area contributed by atoms with E-state index in [0.29, 0.717) is 78.3 Å². The molecule has 0 aromatic heterocycles. The van der Waals surface area contributed by atoms with Crippen LogP contribution in [0.2, 0.25) is 0 Å². The number of methoxy groups -OCH3 is 1. The van der Waals surface area contributed by atoms with E-state index in [2.05, 4.69) is 21.3 Å². The molecular formula is C59H102N6O15. The van der Waals surface area contributed by atoms with Crippen molar-refractivity contribution in [2.75, 3.05) is 79.5 Å². The highest BCUT2D eigenvalue weighted by molar-refractivity contribution is 5.89. The van der Waals surface area contributed by atoms with Crippen molar-refractivity contribution in [2.24, 2.45) is 17.6 Å². The van der Waals surface area contributed by atoms with Gasteiger partial charge in [0.15, 0.2) is 0 Å². The summed E-state index contributed by atoms with van der Waals surface area (Å²) in [5.74, 6) is -1.52. The van der Waals surface area contributed by atoms with Crippen molar-refractivity contribution in [1.29, 1.82) is 0 Å². The number of esters is 2. The van der Waals surface area contributed by atoms with Gasteiger partial charge in [-0.05, 0) is 168 Å². The Kier molecular flexibility index (Phi) is 31.1. The molecule has 0 aliphatic heterocycles. The molecule has 5 saturated carbocycles. The van der Waals surface area contributed by atoms with Crippen molar-refractivity contribution in [3.63, 3.8) is 0 Å². The molecule has 6 N–H and O–H groups in total. The van der Waals surface area contributed by atoms with E-state index < -0.39 is 5.60 Å². The molecule has 0 bridgehead atoms. The number of hydrogen-bond acceptors (Lipinski definition) is 16. The Bertz CT molecular complexity index is 1830. The summed E-state index contributed by atoms with van der Waals surface area (Å²) >= 11 is 0. The highest BCUT2D eigenvalue weighted by Crippen LogP contribution is 2.29. The van der Waals surface area contributed by atoms with Crippen LogP contribution >= 0.6 is 0 Å². The van der Waals surface area contributed by atoms with E-state index in [4.69, 9.17) is 43.6 Å². The van der Waals surface area contributed by atoms with Gasteiger partial charge in [-0.3, -0.25) is 33.6 Å². The third-order valence-corrected chi connectivity index (χ3v) is 16.1. The fourth-order valence-corrected chi connectivity index (χ4v) is 11.5. The summed E-state index contributed by atoms with van der Waals surface area (Å²) < 4.78 is 46.7. The van der Waals surface area contributed by atoms with Crippen molar-refractivity contribution < 1.29 is 71.5 Å². The maximum atomic E-state index is 13.6. The Hall–Kier alpha value is -3.99. The molecule has 0 saturated heterocycles. The van der Waals surface area contributed by atoms with E-state index in [1.165, 1.54) is 12.0 Å². The minimum atomic E-state index is -0.498. The summed E-state index contributed by atoms with van der Waals surface area (Å²) in [5.41, 5.74) is 5.09. The van der Waals surface area contributed by atoms with E-state index >= 15 is 0 Å². The minimum absolute atomic E-state index is 0.0152. The molecule has 0 spiro atoms. The molecule has 80 heavy (non-hydrogen) atoms. The van der Waals surface area contributed by atoms with Crippen LogP contribution in [0.15, 0.2) is 0 Å². The summed E-state index contributed by atoms with van der Waals surface area (Å²) in [6, 6.07) is 0.187. The predicted octanol–water partition coefficient (Wildman–Crippen LogP) is 5.24. The average molecular weight is 1140 g/mol. The lowest BCUT2D eigenvalue weighted by atomic mass is 9.86. The monoisotopic (exact) mass is 1130 g/mol. The lowest BCUT2D eigenvalue weighted by Gasteiger charge is -2.30. The number of carbonyl (C=O) groups is 7. The quantitative estimate of drug-likeness (QED) is 0.0407. The maximum Gasteiger partial charge on any atom is 0.309 e. The SMILES string of the molecule is COC(=O)C1CCC(NC(=O)CCCOC2CCC(OCCNC(=O)CN(CC(=O)NCCOC3CCC(OCCCC(=O)NC4CCC(C(=O)OC(C)(C)C)CC4)CC3)C(=O)CCCOC3CCC(OCCN)CC3)CC2)CC1. The van der Waals surface area contributed by atoms with Gasteiger partial charge in [-0.2, -0.15) is 0 Å². The molecule has 21 heteroatoms. The van der Waals surface area contributed by atoms with Gasteiger partial charge in [-0.25, -0.2) is 0 Å². The lowest BCUT2D eigenvalue weighted by molar-refractivity contribution is -0.161. The third-order valence-electron chi connectivity index (χ3n) is 16.1. The first-order valence-electron chi connectivity index (χ1n) is 30.7. The van der Waals surface area contributed by atoms with Crippen LogP contribution in [0.5, 0.6) is 0 Å². The smallest absolute Gasteiger partial charge is 0.309 e. The first kappa shape index (κ1) is 66.8. The standard InChI is InChI=1S/C59H102N6O15/c1-59(2,3)80-58(72)43-13-17-45(18-14-43)64-53(67)9-6-35-75-47-23-29-51(30-24-47)79-39-33-62-55(69)41-65(56(70)10-7-36-76-48-19-25-49(26-20-48)77-37-31-60)40-54(68)61-32-38-78-50-27-21-46(22-28-50)74-34-5-8-52(66)63-44-15-11-42(12-16-44)57(71)73-4/h42-51H,5-41,60H2,1-4H3,(H,61,68)(H,62,69)(H,63,66)(H,64,67). The molecule has 0 atom stereocenters. The number of nitrogens with one attached hydrogen (secondary N) is 4. The number of ether oxygens (including phenoxy) is 8. The second-order valence-electron chi connectivity index (χ2n) is 23.8. The molecule has 5 rings (SSSR count). The fraction of sp³-hybridized carbons (Fsp3) is 0.881. The van der Waals surface area contributed by atoms with Crippen LogP contribution in [0.3, 0.4) is 0 Å². The molecule has 0 unspecified atom stereocenters. The largest absolute Gasteiger partial charge is 0.469 e. The number of nitrogens with zero attached hydrogens (tertiary/aromatic N) is 1. The van der Waals surface area contributed by atoms with E-state index in [0.717, 1.165) is 128 Å². The van der Waals surface area contributed by atoms with Gasteiger partial charge in [-0.1, -0.05) is 0 Å². The molecule has 458 valence electrons. The van der Waals surface area contributed by atoms with E-state index in [1.54, 1.807) is 0 Å². The molecule has 5 aliphatic rings. The molecular weight excluding hydrogens is 1030 g/mol. The summed E-state index contributed by atoms with van der Waals surface area (Å²) in [7, 11) is 1.41. The molecule has 5 amide bonds. The molecule has 0 radical (unpaired) electrons. The average Bonchev–Trinajstić information content (AvgIpc) is 3.44. The van der Waals surface area contributed by atoms with E-state index in [-0.39, 0.29) is 135 Å². The summed E-state index contributed by atoms with van der Waals surface area (Å²) in [6.07, 6.45) is 19.6. The van der Waals surface area contributed by atoms with Crippen LogP contribution in [-0.4, -0.2) is 180 Å². The highest BCUT2D eigenvalue weighted by Gasteiger charge is 2.32. The second kappa shape index (κ2) is 37.3. The Morgan fingerprint density at radius 1 is 0.438 bits per heavy atom. The minimum Gasteiger partial charge on any atom is -0.469 e. The highest BCUT2D eigenvalue weighted by atomic mass is 16.6. The molecule has 0 aromatic rings. The van der Waals surface area contributed by atoms with E-state index in [1.807, 2.05) is 20.8 Å². The molecule has 5 fully saturated rings. The van der Waals surface area contributed by atoms with Crippen LogP contribution in [0.4, 0.5) is 0 Å². The fourth-order valence-electron chi connectivity index (χ4n) is 11.5. The number of rotatable bonds is 34. The van der Waals surface area contributed by atoms with Gasteiger partial charge in [0.1, 0.15) is 18.7 Å². The molecule has 21 nitrogen and oxygen atoms in total. The van der Waals surface area contributed by atoms with Crippen LogP contribution in [-0.2, 0) is 71.5 Å². The lowest BCUT2D eigenvalue weighted by Crippen LogP contribution is -2.46. The van der Waals surface area contributed by atoms with Crippen molar-refractivity contribution in [3.8, 4) is 0 Å². The topological polar surface area (TPSA) is 271 Å². The predicted molar refractivity (Wildman–Crippen MR) is 299 cm³/mol. The maximum absolute atomic E-state index is 13.6. The van der Waals surface area contributed by atoms with Gasteiger partial charge in [0, 0.05) is 70.8 Å². The molecule has 0 aromatic carbocycles. The Morgan fingerprint density at radius 2 is 0.775 bits per heavy atom. The molecule has 0 heterocycles. The van der Waals surface area contributed by atoms with Gasteiger partial charge >= 0.3 is 11.9 Å². The number of amides is 5. The van der Waals surface area contributed by atoms with Gasteiger partial charge in [0.05, 0.1) is 75.4 Å². The molecule has 5 aliphatic carbocycles. The van der Waals surface area contributed by atoms with Crippen molar-refractivity contribution in [1.82, 2.24) is 26.2 Å². The van der Waals surface area contributed by atoms with Crippen LogP contribution in [0.1, 0.15) is 188 Å². The second-order valence-corrected chi connectivity index (χ2v) is 23.8. The summed E-state index contributed by atoms with van der Waals surface area (Å²) in [5, 5.41) is 12.0. The number of hydrogen-bond donors (Lipinski definition) is 5. The zero-order valence-corrected chi connectivity index (χ0v) is 49.1. The van der Waals surface area contributed by atoms with Crippen LogP contribution in [0.25, 0.3) is 0 Å².